The van der Waals surface area contributed by atoms with Gasteiger partial charge in [0.1, 0.15) is 0 Å². The summed E-state index contributed by atoms with van der Waals surface area (Å²) in [5, 5.41) is 38.8. The molecule has 0 saturated heterocycles. The molecule has 112 valence electrons. The molecule has 0 spiro atoms. The summed E-state index contributed by atoms with van der Waals surface area (Å²) < 4.78 is 0. The van der Waals surface area contributed by atoms with Crippen molar-refractivity contribution in [3.63, 3.8) is 0 Å². The van der Waals surface area contributed by atoms with Crippen molar-refractivity contribution in [2.75, 3.05) is 0 Å². The van der Waals surface area contributed by atoms with Gasteiger partial charge in [0.15, 0.2) is 0 Å². The van der Waals surface area contributed by atoms with Gasteiger partial charge in [0.05, 0.1) is 24.4 Å². The third-order valence-corrected chi connectivity index (χ3v) is 5.01. The Morgan fingerprint density at radius 3 is 1.42 bits per heavy atom. The lowest BCUT2D eigenvalue weighted by Gasteiger charge is -2.33. The number of aliphatic hydroxyl groups excluding tert-OH is 4. The third kappa shape index (κ3) is 4.42. The molecule has 0 aliphatic heterocycles. The molecule has 6 atom stereocenters. The zero-order chi connectivity index (χ0) is 13.8. The molecule has 0 amide bonds. The van der Waals surface area contributed by atoms with Gasteiger partial charge >= 0.3 is 0 Å². The Labute approximate surface area is 115 Å². The molecule has 0 aromatic heterocycles. The highest BCUT2D eigenvalue weighted by atomic mass is 16.3. The van der Waals surface area contributed by atoms with Crippen molar-refractivity contribution in [1.29, 1.82) is 0 Å². The van der Waals surface area contributed by atoms with E-state index in [2.05, 4.69) is 0 Å². The van der Waals surface area contributed by atoms with Crippen LogP contribution in [0.2, 0.25) is 0 Å². The fourth-order valence-electron chi connectivity index (χ4n) is 3.69. The minimum atomic E-state index is -0.359. The van der Waals surface area contributed by atoms with E-state index >= 15 is 0 Å². The summed E-state index contributed by atoms with van der Waals surface area (Å²) in [6.45, 7) is 0. The van der Waals surface area contributed by atoms with Crippen LogP contribution in [0, 0.1) is 11.8 Å². The van der Waals surface area contributed by atoms with Crippen molar-refractivity contribution in [3.05, 3.63) is 0 Å². The van der Waals surface area contributed by atoms with E-state index in [4.69, 9.17) is 0 Å². The van der Waals surface area contributed by atoms with Gasteiger partial charge in [-0.1, -0.05) is 6.42 Å². The first-order valence-corrected chi connectivity index (χ1v) is 7.78. The van der Waals surface area contributed by atoms with Crippen LogP contribution in [0.4, 0.5) is 0 Å². The van der Waals surface area contributed by atoms with Crippen LogP contribution >= 0.6 is 0 Å². The van der Waals surface area contributed by atoms with Gasteiger partial charge in [-0.15, -0.1) is 0 Å². The summed E-state index contributed by atoms with van der Waals surface area (Å²) in [5.74, 6) is 0.629. The first-order valence-electron chi connectivity index (χ1n) is 7.78. The second-order valence-electron chi connectivity index (χ2n) is 6.52. The molecule has 2 aliphatic rings. The third-order valence-electron chi connectivity index (χ3n) is 5.01. The molecule has 0 bridgehead atoms. The first kappa shape index (κ1) is 15.2. The van der Waals surface area contributed by atoms with Gasteiger partial charge in [-0.3, -0.25) is 0 Å². The zero-order valence-electron chi connectivity index (χ0n) is 11.6. The maximum Gasteiger partial charge on any atom is 0.0593 e. The van der Waals surface area contributed by atoms with Crippen molar-refractivity contribution in [1.82, 2.24) is 0 Å². The van der Waals surface area contributed by atoms with Crippen LogP contribution in [0.1, 0.15) is 57.8 Å². The second kappa shape index (κ2) is 7.02. The van der Waals surface area contributed by atoms with Crippen molar-refractivity contribution >= 4 is 0 Å². The van der Waals surface area contributed by atoms with Crippen LogP contribution in [-0.4, -0.2) is 44.8 Å². The largest absolute Gasteiger partial charge is 0.393 e. The predicted molar refractivity (Wildman–Crippen MR) is 72.6 cm³/mol. The molecular weight excluding hydrogens is 244 g/mol. The van der Waals surface area contributed by atoms with Gasteiger partial charge in [-0.25, -0.2) is 0 Å². The number of hydrogen-bond acceptors (Lipinski definition) is 4. The molecule has 0 radical (unpaired) electrons. The smallest absolute Gasteiger partial charge is 0.0593 e. The number of aliphatic hydroxyl groups is 4. The van der Waals surface area contributed by atoms with Gasteiger partial charge in [0, 0.05) is 0 Å². The Morgan fingerprint density at radius 2 is 1.05 bits per heavy atom. The molecule has 0 aromatic rings. The molecule has 2 aliphatic carbocycles. The van der Waals surface area contributed by atoms with E-state index < -0.39 is 0 Å². The Bertz CT molecular complexity index is 245. The summed E-state index contributed by atoms with van der Waals surface area (Å²) in [6.07, 6.45) is 6.09. The summed E-state index contributed by atoms with van der Waals surface area (Å²) in [5.41, 5.74) is 0. The Kier molecular flexibility index (Phi) is 5.63. The predicted octanol–water partition coefficient (Wildman–Crippen LogP) is 1.20. The number of rotatable bonds is 4. The van der Waals surface area contributed by atoms with Crippen molar-refractivity contribution in [2.45, 2.75) is 82.2 Å². The van der Waals surface area contributed by atoms with E-state index in [9.17, 15) is 20.4 Å². The molecule has 6 unspecified atom stereocenters. The molecule has 4 N–H and O–H groups in total. The highest BCUT2D eigenvalue weighted by Gasteiger charge is 2.30. The Hall–Kier alpha value is -0.160. The monoisotopic (exact) mass is 272 g/mol. The molecule has 0 aromatic carbocycles. The minimum absolute atomic E-state index is 0.315. The van der Waals surface area contributed by atoms with Gasteiger partial charge < -0.3 is 20.4 Å². The lowest BCUT2D eigenvalue weighted by molar-refractivity contribution is -0.0111. The minimum Gasteiger partial charge on any atom is -0.393 e. The van der Waals surface area contributed by atoms with Gasteiger partial charge in [-0.05, 0) is 63.2 Å². The SMILES string of the molecule is OC1CCC(CCCC2CCC(O)CC2O)C(O)C1. The molecule has 2 rings (SSSR count). The molecule has 2 fully saturated rings. The van der Waals surface area contributed by atoms with E-state index in [0.717, 1.165) is 44.9 Å². The molecule has 4 nitrogen and oxygen atoms in total. The van der Waals surface area contributed by atoms with Gasteiger partial charge in [0.25, 0.3) is 0 Å². The maximum atomic E-state index is 9.92. The van der Waals surface area contributed by atoms with E-state index in [1.165, 1.54) is 0 Å². The Balaban J connectivity index is 1.66. The van der Waals surface area contributed by atoms with Crippen molar-refractivity contribution in [3.8, 4) is 0 Å². The second-order valence-corrected chi connectivity index (χ2v) is 6.52. The van der Waals surface area contributed by atoms with E-state index in [0.29, 0.717) is 24.7 Å². The van der Waals surface area contributed by atoms with E-state index in [1.54, 1.807) is 0 Å². The fourth-order valence-corrected chi connectivity index (χ4v) is 3.69. The topological polar surface area (TPSA) is 80.9 Å². The lowest BCUT2D eigenvalue weighted by Crippen LogP contribution is -2.33. The van der Waals surface area contributed by atoms with Crippen LogP contribution in [0.3, 0.4) is 0 Å². The van der Waals surface area contributed by atoms with Crippen molar-refractivity contribution in [2.24, 2.45) is 11.8 Å². The highest BCUT2D eigenvalue weighted by Crippen LogP contribution is 2.32. The van der Waals surface area contributed by atoms with Crippen LogP contribution in [0.5, 0.6) is 0 Å². The normalized spacial score (nSPS) is 44.2. The van der Waals surface area contributed by atoms with Crippen molar-refractivity contribution < 1.29 is 20.4 Å². The first-order chi connectivity index (χ1) is 9.06. The van der Waals surface area contributed by atoms with E-state index in [1.807, 2.05) is 0 Å². The fraction of sp³-hybridized carbons (Fsp3) is 1.00. The lowest BCUT2D eigenvalue weighted by atomic mass is 9.78. The Morgan fingerprint density at radius 1 is 0.632 bits per heavy atom. The maximum absolute atomic E-state index is 9.92. The molecule has 4 heteroatoms. The average Bonchev–Trinajstić information content (AvgIpc) is 2.34. The standard InChI is InChI=1S/C15H28O4/c16-12-6-4-10(14(18)8-12)2-1-3-11-5-7-13(17)9-15(11)19/h10-19H,1-9H2. The summed E-state index contributed by atoms with van der Waals surface area (Å²) in [7, 11) is 0. The molecule has 0 heterocycles. The molecule has 2 saturated carbocycles. The summed E-state index contributed by atoms with van der Waals surface area (Å²) >= 11 is 0. The van der Waals surface area contributed by atoms with Crippen LogP contribution in [0.25, 0.3) is 0 Å². The highest BCUT2D eigenvalue weighted by molar-refractivity contribution is 4.82. The molecule has 19 heavy (non-hydrogen) atoms. The summed E-state index contributed by atoms with van der Waals surface area (Å²) in [6, 6.07) is 0. The molecular formula is C15H28O4. The average molecular weight is 272 g/mol. The van der Waals surface area contributed by atoms with Gasteiger partial charge in [-0.2, -0.15) is 0 Å². The quantitative estimate of drug-likeness (QED) is 0.620. The van der Waals surface area contributed by atoms with Crippen LogP contribution < -0.4 is 0 Å². The van der Waals surface area contributed by atoms with Crippen LogP contribution in [0.15, 0.2) is 0 Å². The zero-order valence-corrected chi connectivity index (χ0v) is 11.6. The van der Waals surface area contributed by atoms with E-state index in [-0.39, 0.29) is 24.4 Å². The number of hydrogen-bond donors (Lipinski definition) is 4. The van der Waals surface area contributed by atoms with Crippen LogP contribution in [-0.2, 0) is 0 Å². The van der Waals surface area contributed by atoms with Gasteiger partial charge in [0.2, 0.25) is 0 Å². The summed E-state index contributed by atoms with van der Waals surface area (Å²) in [4.78, 5) is 0.